The minimum absolute atomic E-state index is 0.00300. The summed E-state index contributed by atoms with van der Waals surface area (Å²) in [6.45, 7) is 12.9. The minimum Gasteiger partial charge on any atom is -0.379 e. The Hall–Kier alpha value is -3.35. The number of nitrogens with one attached hydrogen (secondary N) is 3. The van der Waals surface area contributed by atoms with Gasteiger partial charge in [0.2, 0.25) is 11.8 Å². The average molecular weight is 656 g/mol. The van der Waals surface area contributed by atoms with Gasteiger partial charge in [0.25, 0.3) is 5.91 Å². The molecule has 0 spiro atoms. The van der Waals surface area contributed by atoms with Gasteiger partial charge in [-0.05, 0) is 74.8 Å². The Morgan fingerprint density at radius 2 is 1.70 bits per heavy atom. The SMILES string of the molecule is CCC(O)N[C@@H](C(=O)N1CCN(C)CC1)[C@@H](C)c1ccc(NC(=O)C(NC(=O)c2ccnn2CC)C(C)C2CCC(C)CC2)c(F)c1. The lowest BCUT2D eigenvalue weighted by Gasteiger charge is -2.37. The van der Waals surface area contributed by atoms with Gasteiger partial charge >= 0.3 is 0 Å². The third-order valence-corrected chi connectivity index (χ3v) is 10.3. The number of aliphatic hydroxyl groups is 1. The van der Waals surface area contributed by atoms with Crippen LogP contribution in [0, 0.1) is 23.6 Å². The zero-order valence-electron chi connectivity index (χ0n) is 28.8. The van der Waals surface area contributed by atoms with E-state index in [2.05, 4.69) is 32.9 Å². The fraction of sp³-hybridized carbons (Fsp3) is 0.657. The van der Waals surface area contributed by atoms with Gasteiger partial charge in [-0.15, -0.1) is 0 Å². The maximum Gasteiger partial charge on any atom is 0.270 e. The van der Waals surface area contributed by atoms with E-state index in [1.54, 1.807) is 27.9 Å². The van der Waals surface area contributed by atoms with E-state index in [0.717, 1.165) is 38.8 Å². The van der Waals surface area contributed by atoms with Crippen LogP contribution >= 0.6 is 0 Å². The first kappa shape index (κ1) is 36.5. The van der Waals surface area contributed by atoms with Gasteiger partial charge in [0, 0.05) is 44.8 Å². The van der Waals surface area contributed by atoms with Crippen LogP contribution in [0.3, 0.4) is 0 Å². The summed E-state index contributed by atoms with van der Waals surface area (Å²) < 4.78 is 17.3. The molecule has 1 aromatic heterocycles. The fourth-order valence-electron chi connectivity index (χ4n) is 6.81. The van der Waals surface area contributed by atoms with Gasteiger partial charge in [0.15, 0.2) is 0 Å². The summed E-state index contributed by atoms with van der Waals surface area (Å²) in [5.74, 6) is -1.43. The molecule has 0 radical (unpaired) electrons. The van der Waals surface area contributed by atoms with E-state index in [1.165, 1.54) is 12.1 Å². The van der Waals surface area contributed by atoms with Crippen molar-refractivity contribution in [2.24, 2.45) is 17.8 Å². The van der Waals surface area contributed by atoms with Gasteiger partial charge in [-0.2, -0.15) is 5.10 Å². The number of nitrogens with zero attached hydrogens (tertiary/aromatic N) is 4. The highest BCUT2D eigenvalue weighted by atomic mass is 19.1. The van der Waals surface area contributed by atoms with E-state index >= 15 is 4.39 Å². The monoisotopic (exact) mass is 655 g/mol. The van der Waals surface area contributed by atoms with Crippen LogP contribution in [-0.2, 0) is 16.1 Å². The molecule has 3 amide bonds. The molecule has 2 heterocycles. The Morgan fingerprint density at radius 3 is 2.32 bits per heavy atom. The first-order chi connectivity index (χ1) is 22.4. The zero-order valence-corrected chi connectivity index (χ0v) is 28.8. The lowest BCUT2D eigenvalue weighted by molar-refractivity contribution is -0.136. The smallest absolute Gasteiger partial charge is 0.270 e. The Bertz CT molecular complexity index is 1350. The molecule has 2 aromatic rings. The number of rotatable bonds is 13. The molecule has 5 atom stereocenters. The molecule has 4 rings (SSSR count). The molecule has 1 aliphatic carbocycles. The van der Waals surface area contributed by atoms with Crippen LogP contribution in [0.15, 0.2) is 30.5 Å². The predicted molar refractivity (Wildman–Crippen MR) is 180 cm³/mol. The van der Waals surface area contributed by atoms with Crippen molar-refractivity contribution in [1.82, 2.24) is 30.2 Å². The highest BCUT2D eigenvalue weighted by molar-refractivity contribution is 6.00. The molecular formula is C35H54FN7O4. The van der Waals surface area contributed by atoms with Crippen LogP contribution < -0.4 is 16.0 Å². The molecule has 2 fully saturated rings. The van der Waals surface area contributed by atoms with E-state index in [-0.39, 0.29) is 23.4 Å². The maximum atomic E-state index is 15.7. The van der Waals surface area contributed by atoms with Crippen molar-refractivity contribution in [3.8, 4) is 0 Å². The molecule has 11 nitrogen and oxygen atoms in total. The van der Waals surface area contributed by atoms with Crippen LogP contribution in [-0.4, -0.2) is 93.9 Å². The molecule has 4 N–H and O–H groups in total. The van der Waals surface area contributed by atoms with Crippen LogP contribution in [0.2, 0.25) is 0 Å². The number of piperazine rings is 1. The van der Waals surface area contributed by atoms with Crippen LogP contribution in [0.4, 0.5) is 10.1 Å². The number of benzene rings is 1. The van der Waals surface area contributed by atoms with E-state index in [4.69, 9.17) is 0 Å². The number of aryl methyl sites for hydroxylation is 1. The first-order valence-corrected chi connectivity index (χ1v) is 17.3. The van der Waals surface area contributed by atoms with E-state index in [9.17, 15) is 19.5 Å². The lowest BCUT2D eigenvalue weighted by Crippen LogP contribution is -2.56. The van der Waals surface area contributed by atoms with Crippen molar-refractivity contribution in [3.05, 3.63) is 47.5 Å². The maximum absolute atomic E-state index is 15.7. The van der Waals surface area contributed by atoms with Crippen LogP contribution in [0.1, 0.15) is 88.7 Å². The Morgan fingerprint density at radius 1 is 1.02 bits per heavy atom. The second-order valence-corrected chi connectivity index (χ2v) is 13.6. The molecule has 2 aliphatic rings. The lowest BCUT2D eigenvalue weighted by atomic mass is 9.74. The van der Waals surface area contributed by atoms with Crippen molar-refractivity contribution in [3.63, 3.8) is 0 Å². The second kappa shape index (κ2) is 16.7. The highest BCUT2D eigenvalue weighted by Crippen LogP contribution is 2.35. The Labute approximate surface area is 278 Å². The third kappa shape index (κ3) is 9.17. The third-order valence-electron chi connectivity index (χ3n) is 10.3. The fourth-order valence-corrected chi connectivity index (χ4v) is 6.81. The summed E-state index contributed by atoms with van der Waals surface area (Å²) >= 11 is 0. The minimum atomic E-state index is -0.889. The predicted octanol–water partition coefficient (Wildman–Crippen LogP) is 3.81. The standard InChI is InChI=1S/C35H54FN7O4/c1-7-30(44)39-32(35(47)42-19-17-41(6)18-20-42)24(5)26-13-14-28(27(36)21-26)38-34(46)31(23(4)25-11-9-22(3)10-12-25)40-33(45)29-15-16-37-43(29)8-2/h13-16,21-25,30-32,39,44H,7-12,17-20H2,1-6H3,(H,38,46)(H,40,45)/t22?,23?,24-,25?,30?,31?,32+/m0/s1. The van der Waals surface area contributed by atoms with E-state index in [1.807, 2.05) is 34.7 Å². The van der Waals surface area contributed by atoms with Crippen molar-refractivity contribution < 1.29 is 23.9 Å². The van der Waals surface area contributed by atoms with Crippen LogP contribution in [0.25, 0.3) is 0 Å². The largest absolute Gasteiger partial charge is 0.379 e. The molecule has 1 saturated carbocycles. The van der Waals surface area contributed by atoms with Gasteiger partial charge in [0.05, 0.1) is 11.7 Å². The van der Waals surface area contributed by atoms with Crippen LogP contribution in [0.5, 0.6) is 0 Å². The zero-order chi connectivity index (χ0) is 34.2. The molecule has 260 valence electrons. The first-order valence-electron chi connectivity index (χ1n) is 17.3. The molecule has 12 heteroatoms. The van der Waals surface area contributed by atoms with Gasteiger partial charge < -0.3 is 25.5 Å². The van der Waals surface area contributed by atoms with Gasteiger partial charge in [-0.25, -0.2) is 4.39 Å². The number of hydrogen-bond acceptors (Lipinski definition) is 7. The summed E-state index contributed by atoms with van der Waals surface area (Å²) in [5, 5.41) is 23.4. The summed E-state index contributed by atoms with van der Waals surface area (Å²) in [5.41, 5.74) is 0.921. The van der Waals surface area contributed by atoms with Crippen molar-refractivity contribution in [1.29, 1.82) is 0 Å². The topological polar surface area (TPSA) is 132 Å². The molecule has 1 saturated heterocycles. The van der Waals surface area contributed by atoms with Crippen molar-refractivity contribution in [2.45, 2.75) is 97.5 Å². The Balaban J connectivity index is 1.53. The van der Waals surface area contributed by atoms with Gasteiger partial charge in [-0.3, -0.25) is 24.4 Å². The number of likely N-dealkylation sites (N-methyl/N-ethyl adjacent to an activating group) is 1. The molecule has 0 bridgehead atoms. The number of hydrogen-bond donors (Lipinski definition) is 4. The number of anilines is 1. The normalized spacial score (nSPS) is 22.2. The summed E-state index contributed by atoms with van der Waals surface area (Å²) in [4.78, 5) is 44.7. The van der Waals surface area contributed by atoms with Gasteiger partial charge in [0.1, 0.15) is 23.8 Å². The van der Waals surface area contributed by atoms with Crippen molar-refractivity contribution >= 4 is 23.4 Å². The van der Waals surface area contributed by atoms with E-state index in [0.29, 0.717) is 43.2 Å². The molecular weight excluding hydrogens is 601 g/mol. The Kier molecular flexibility index (Phi) is 12.9. The quantitative estimate of drug-likeness (QED) is 0.242. The molecule has 1 aliphatic heterocycles. The summed E-state index contributed by atoms with van der Waals surface area (Å²) in [6.07, 6.45) is 5.14. The highest BCUT2D eigenvalue weighted by Gasteiger charge is 2.36. The number of carbonyl (C=O) groups is 3. The number of aliphatic hydroxyl groups excluding tert-OH is 1. The molecule has 3 unspecified atom stereocenters. The molecule has 47 heavy (non-hydrogen) atoms. The number of carbonyl (C=O) groups excluding carboxylic acids is 3. The van der Waals surface area contributed by atoms with E-state index < -0.39 is 41.9 Å². The number of halogens is 1. The average Bonchev–Trinajstić information content (AvgIpc) is 3.56. The van der Waals surface area contributed by atoms with Gasteiger partial charge in [-0.1, -0.05) is 46.6 Å². The molecule has 1 aromatic carbocycles. The number of aromatic nitrogens is 2. The number of amides is 3. The second-order valence-electron chi connectivity index (χ2n) is 13.6. The van der Waals surface area contributed by atoms with Crippen molar-refractivity contribution in [2.75, 3.05) is 38.5 Å². The summed E-state index contributed by atoms with van der Waals surface area (Å²) in [6, 6.07) is 4.52. The summed E-state index contributed by atoms with van der Waals surface area (Å²) in [7, 11) is 2.01.